The first-order valence-electron chi connectivity index (χ1n) is 23.6. The number of nitriles is 1. The first-order valence-corrected chi connectivity index (χ1v) is 26.3. The van der Waals surface area contributed by atoms with Gasteiger partial charge < -0.3 is 49.5 Å². The predicted octanol–water partition coefficient (Wildman–Crippen LogP) is 9.96. The highest BCUT2D eigenvalue weighted by atomic mass is 32.2. The Labute approximate surface area is 452 Å². The molecule has 1 aliphatic heterocycles. The summed E-state index contributed by atoms with van der Waals surface area (Å²) in [6.45, 7) is 2.38. The first-order chi connectivity index (χ1) is 35.0. The highest BCUT2D eigenvalue weighted by Gasteiger charge is 2.32. The number of thioether (sulfide) groups is 1. The van der Waals surface area contributed by atoms with Gasteiger partial charge in [0.25, 0.3) is 0 Å². The second-order valence-electron chi connectivity index (χ2n) is 17.5. The van der Waals surface area contributed by atoms with Gasteiger partial charge in [-0.25, -0.2) is 14.3 Å². The molecule has 0 fully saturated rings. The monoisotopic (exact) mass is 1050 g/mol. The van der Waals surface area contributed by atoms with E-state index in [1.807, 2.05) is 79.1 Å². The van der Waals surface area contributed by atoms with E-state index in [0.717, 1.165) is 69.3 Å². The zero-order chi connectivity index (χ0) is 49.9. The summed E-state index contributed by atoms with van der Waals surface area (Å²) in [5, 5.41) is 19.3. The number of hydrogen-bond acceptors (Lipinski definition) is 7. The van der Waals surface area contributed by atoms with E-state index in [2.05, 4.69) is 164 Å². The molecule has 2 aromatic carbocycles. The molecule has 13 nitrogen and oxygen atoms in total. The minimum Gasteiger partial charge on any atom is -0.478 e. The Bertz CT molecular complexity index is 3380. The van der Waals surface area contributed by atoms with Crippen molar-refractivity contribution in [3.05, 3.63) is 254 Å². The molecule has 0 spiro atoms. The van der Waals surface area contributed by atoms with Gasteiger partial charge in [-0.15, -0.1) is 11.8 Å². The lowest BCUT2D eigenvalue weighted by molar-refractivity contribution is -0.692. The highest BCUT2D eigenvalue weighted by molar-refractivity contribution is 8.00. The lowest BCUT2D eigenvalue weighted by atomic mass is 10.0. The SMILES string of the molecule is N#C/C(=C\C(=O)O)CCCN1c2ccccc2SC2C=CC=CC21.O=P(O)(O)CC[n+]1ccc(-c2cc[n+](Cc3cccc(C[n+]4ccc(-c5cc[n+](-c6ccc7cccnc7c6)cc5)cc4)n3)cc2)cc1.[CH3-].[CH3-].[CH3-].[CH3-]. The number of para-hydroxylation sites is 1. The average Bonchev–Trinajstić information content (AvgIpc) is 3.40. The number of aliphatic carboxylic acids is 1. The topological polar surface area (TPSA) is 163 Å². The Kier molecular flexibility index (Phi) is 21.4. The number of aryl methyl sites for hydroxylation is 1. The third-order valence-electron chi connectivity index (χ3n) is 12.4. The van der Waals surface area contributed by atoms with E-state index < -0.39 is 13.6 Å². The molecule has 7 heterocycles. The molecule has 2 unspecified atom stereocenters. The molecular formula is C61H65N8O5PS. The number of hydrogen-bond donors (Lipinski definition) is 3. The summed E-state index contributed by atoms with van der Waals surface area (Å²) in [6.07, 6.45) is 28.6. The van der Waals surface area contributed by atoms with Crippen molar-refractivity contribution in [3.8, 4) is 34.0 Å². The molecular weight excluding hydrogens is 988 g/mol. The lowest BCUT2D eigenvalue weighted by Gasteiger charge is -2.42. The zero-order valence-corrected chi connectivity index (χ0v) is 45.0. The van der Waals surface area contributed by atoms with E-state index in [9.17, 15) is 9.36 Å². The molecule has 0 amide bonds. The molecule has 15 heteroatoms. The molecule has 0 radical (unpaired) electrons. The zero-order valence-electron chi connectivity index (χ0n) is 43.3. The molecule has 8 aromatic rings. The van der Waals surface area contributed by atoms with Gasteiger partial charge in [-0.3, -0.25) is 9.55 Å². The van der Waals surface area contributed by atoms with Crippen LogP contribution in [0.15, 0.2) is 218 Å². The molecule has 3 N–H and O–H groups in total. The van der Waals surface area contributed by atoms with Crippen LogP contribution in [0.3, 0.4) is 0 Å². The second kappa shape index (κ2) is 27.6. The second-order valence-corrected chi connectivity index (χ2v) is 20.4. The number of benzene rings is 2. The minimum atomic E-state index is -4.02. The van der Waals surface area contributed by atoms with E-state index >= 15 is 0 Å². The number of aromatic nitrogens is 6. The van der Waals surface area contributed by atoms with Crippen LogP contribution in [0.25, 0.3) is 38.8 Å². The largest absolute Gasteiger partial charge is 0.478 e. The van der Waals surface area contributed by atoms with Gasteiger partial charge in [0.2, 0.25) is 5.69 Å². The molecule has 0 saturated heterocycles. The summed E-state index contributed by atoms with van der Waals surface area (Å²) in [7, 11) is -4.02. The van der Waals surface area contributed by atoms with Crippen molar-refractivity contribution in [2.24, 2.45) is 0 Å². The fraction of sp³-hybridized carbons (Fsp3) is 0.148. The highest BCUT2D eigenvalue weighted by Crippen LogP contribution is 2.43. The Balaban J connectivity index is 0.000000324. The Morgan fingerprint density at radius 1 is 0.711 bits per heavy atom. The van der Waals surface area contributed by atoms with Gasteiger partial charge >= 0.3 is 13.6 Å². The maximum Gasteiger partial charge on any atom is 0.331 e. The fourth-order valence-electron chi connectivity index (χ4n) is 8.73. The van der Waals surface area contributed by atoms with E-state index in [-0.39, 0.29) is 42.4 Å². The van der Waals surface area contributed by atoms with Crippen molar-refractivity contribution < 1.29 is 42.5 Å². The number of carboxylic acid groups (broad SMARTS) is 1. The van der Waals surface area contributed by atoms with Crippen LogP contribution in [0.2, 0.25) is 0 Å². The molecule has 2 aliphatic rings. The number of carbonyl (C=O) groups is 1. The van der Waals surface area contributed by atoms with Crippen LogP contribution in [0, 0.1) is 41.0 Å². The number of carboxylic acids is 1. The summed E-state index contributed by atoms with van der Waals surface area (Å²) < 4.78 is 19.3. The molecule has 10 rings (SSSR count). The first kappa shape index (κ1) is 59.0. The standard InChI is InChI=1S/C38H33N6O3P.C19H18N2O2S.4CH3/c45-48(46,47)26-25-41-17-8-30(9-18-41)31-10-19-42(20-11-31)28-35-4-1-5-36(40-35)29-43-21-12-32(13-22-43)33-14-23-44(24-15-33)37-7-6-34-3-2-16-39-38(34)27-37;20-13-14(12-19(22)23)6-5-11-21-15-7-1-3-9-17(15)24-18-10-4-2-8-16(18)21;;;;/h1-24,27H,25-26,28-29H2;1-4,7-10,12,15,17H,5-6,11H2,(H,22,23);4*1H3/q+2;;4*-1/p+2/b;14-12-;;;;. The smallest absolute Gasteiger partial charge is 0.331 e. The normalized spacial score (nSPS) is 14.2. The van der Waals surface area contributed by atoms with Gasteiger partial charge in [0.05, 0.1) is 28.6 Å². The van der Waals surface area contributed by atoms with Crippen LogP contribution >= 0.6 is 19.4 Å². The van der Waals surface area contributed by atoms with Crippen LogP contribution in [0.1, 0.15) is 24.2 Å². The molecule has 6 aromatic heterocycles. The Morgan fingerprint density at radius 3 is 1.88 bits per heavy atom. The number of anilines is 1. The van der Waals surface area contributed by atoms with E-state index in [1.165, 1.54) is 10.6 Å². The van der Waals surface area contributed by atoms with Crippen molar-refractivity contribution >= 4 is 41.9 Å². The van der Waals surface area contributed by atoms with E-state index in [1.54, 1.807) is 4.57 Å². The summed E-state index contributed by atoms with van der Waals surface area (Å²) in [4.78, 5) is 42.0. The van der Waals surface area contributed by atoms with Gasteiger partial charge in [0, 0.05) is 95.3 Å². The Morgan fingerprint density at radius 2 is 1.29 bits per heavy atom. The number of rotatable bonds is 15. The lowest BCUT2D eigenvalue weighted by Crippen LogP contribution is -2.44. The fourth-order valence-corrected chi connectivity index (χ4v) is 10.5. The Hall–Kier alpha value is -7.92. The van der Waals surface area contributed by atoms with E-state index in [4.69, 9.17) is 25.1 Å². The van der Waals surface area contributed by atoms with Crippen molar-refractivity contribution in [1.82, 2.24) is 9.97 Å². The summed E-state index contributed by atoms with van der Waals surface area (Å²) >= 11 is 1.88. The van der Waals surface area contributed by atoms with Crippen molar-refractivity contribution in [2.45, 2.75) is 48.7 Å². The third-order valence-corrected chi connectivity index (χ3v) is 14.5. The summed E-state index contributed by atoms with van der Waals surface area (Å²) in [5.41, 5.74) is 9.95. The molecule has 0 bridgehead atoms. The predicted molar refractivity (Wildman–Crippen MR) is 302 cm³/mol. The van der Waals surface area contributed by atoms with Crippen molar-refractivity contribution in [3.63, 3.8) is 0 Å². The molecule has 1 aliphatic carbocycles. The van der Waals surface area contributed by atoms with Gasteiger partial charge in [0.15, 0.2) is 69.2 Å². The van der Waals surface area contributed by atoms with E-state index in [0.29, 0.717) is 36.4 Å². The quantitative estimate of drug-likeness (QED) is 0.0296. The number of fused-ring (bicyclic) bond motifs is 3. The van der Waals surface area contributed by atoms with Crippen LogP contribution in [-0.2, 0) is 29.0 Å². The van der Waals surface area contributed by atoms with Crippen LogP contribution in [0.4, 0.5) is 5.69 Å². The van der Waals surface area contributed by atoms with Gasteiger partial charge in [-0.1, -0.05) is 48.6 Å². The van der Waals surface area contributed by atoms with Crippen LogP contribution in [-0.4, -0.2) is 54.8 Å². The maximum absolute atomic E-state index is 11.1. The van der Waals surface area contributed by atoms with Crippen molar-refractivity contribution in [2.75, 3.05) is 17.6 Å². The van der Waals surface area contributed by atoms with Gasteiger partial charge in [-0.2, -0.15) is 19.0 Å². The number of pyridine rings is 6. The van der Waals surface area contributed by atoms with Gasteiger partial charge in [0.1, 0.15) is 17.5 Å². The summed E-state index contributed by atoms with van der Waals surface area (Å²) in [5.74, 6) is -1.06. The third kappa shape index (κ3) is 15.6. The van der Waals surface area contributed by atoms with Crippen molar-refractivity contribution in [1.29, 1.82) is 5.26 Å². The summed E-state index contributed by atoms with van der Waals surface area (Å²) in [6, 6.07) is 43.7. The van der Waals surface area contributed by atoms with Crippen LogP contribution in [0.5, 0.6) is 0 Å². The minimum absolute atomic E-state index is 0. The number of nitrogens with zero attached hydrogens (tertiary/aromatic N) is 8. The molecule has 2 atom stereocenters. The molecule has 76 heavy (non-hydrogen) atoms. The van der Waals surface area contributed by atoms with Gasteiger partial charge in [-0.05, 0) is 71.5 Å². The van der Waals surface area contributed by atoms with Crippen LogP contribution < -0.4 is 23.2 Å². The molecule has 390 valence electrons. The number of allylic oxidation sites excluding steroid dienone is 3. The maximum atomic E-state index is 11.1. The molecule has 0 saturated carbocycles. The average molecular weight is 1050 g/mol.